The third-order valence-corrected chi connectivity index (χ3v) is 6.64. The van der Waals surface area contributed by atoms with Crippen molar-refractivity contribution < 1.29 is 4.79 Å². The molecule has 0 fully saturated rings. The average molecular weight is 411 g/mol. The van der Waals surface area contributed by atoms with Gasteiger partial charge in [-0.05, 0) is 68.4 Å². The molecule has 2 amide bonds. The number of hydrogen-bond acceptors (Lipinski definition) is 4. The molecule has 2 N–H and O–H groups in total. The molecular formula is C22H26N4O2S. The number of thiophene rings is 1. The Morgan fingerprint density at radius 1 is 1.14 bits per heavy atom. The number of nitrogens with zero attached hydrogens (tertiary/aromatic N) is 2. The summed E-state index contributed by atoms with van der Waals surface area (Å²) in [7, 11) is 0. The minimum absolute atomic E-state index is 0.00983. The fourth-order valence-corrected chi connectivity index (χ4v) is 5.07. The van der Waals surface area contributed by atoms with E-state index in [2.05, 4.69) is 23.6 Å². The Balaban J connectivity index is 1.63. The SMILES string of the molecule is Cc1cc(C)cc(NC(=O)Nc2sc3nc4n(c(=O)c3c2C)CCC(C)CC4)c1. The molecule has 0 bridgehead atoms. The van der Waals surface area contributed by atoms with Crippen molar-refractivity contribution in [2.24, 2.45) is 5.92 Å². The van der Waals surface area contributed by atoms with Gasteiger partial charge in [0, 0.05) is 18.7 Å². The molecule has 1 unspecified atom stereocenters. The van der Waals surface area contributed by atoms with E-state index in [1.54, 1.807) is 0 Å². The number of amides is 2. The molecule has 1 aliphatic rings. The topological polar surface area (TPSA) is 76.0 Å². The van der Waals surface area contributed by atoms with Crippen LogP contribution in [0.15, 0.2) is 23.0 Å². The van der Waals surface area contributed by atoms with Crippen molar-refractivity contribution >= 4 is 38.3 Å². The van der Waals surface area contributed by atoms with Gasteiger partial charge < -0.3 is 5.32 Å². The Labute approximate surface area is 174 Å². The van der Waals surface area contributed by atoms with E-state index < -0.39 is 0 Å². The fourth-order valence-electron chi connectivity index (χ4n) is 3.98. The predicted octanol–water partition coefficient (Wildman–Crippen LogP) is 5.00. The molecule has 152 valence electrons. The molecule has 7 heteroatoms. The van der Waals surface area contributed by atoms with Gasteiger partial charge in [-0.1, -0.05) is 24.3 Å². The number of fused-ring (bicyclic) bond motifs is 2. The van der Waals surface area contributed by atoms with Crippen LogP contribution in [0.3, 0.4) is 0 Å². The first kappa shape index (κ1) is 19.6. The molecule has 0 radical (unpaired) electrons. The number of benzene rings is 1. The second kappa shape index (κ2) is 7.63. The predicted molar refractivity (Wildman–Crippen MR) is 119 cm³/mol. The van der Waals surface area contributed by atoms with E-state index in [4.69, 9.17) is 4.98 Å². The van der Waals surface area contributed by atoms with Crippen molar-refractivity contribution in [3.8, 4) is 0 Å². The summed E-state index contributed by atoms with van der Waals surface area (Å²) in [4.78, 5) is 31.1. The third-order valence-electron chi connectivity index (χ3n) is 5.54. The number of rotatable bonds is 2. The van der Waals surface area contributed by atoms with E-state index in [1.807, 2.05) is 37.5 Å². The lowest BCUT2D eigenvalue weighted by Crippen LogP contribution is -2.24. The molecule has 3 heterocycles. The number of carbonyl (C=O) groups is 1. The second-order valence-electron chi connectivity index (χ2n) is 8.11. The number of anilines is 2. The summed E-state index contributed by atoms with van der Waals surface area (Å²) in [6.07, 6.45) is 2.86. The highest BCUT2D eigenvalue weighted by Gasteiger charge is 2.21. The van der Waals surface area contributed by atoms with Crippen LogP contribution in [-0.2, 0) is 13.0 Å². The van der Waals surface area contributed by atoms with Gasteiger partial charge in [-0.15, -0.1) is 0 Å². The van der Waals surface area contributed by atoms with E-state index in [1.165, 1.54) is 11.3 Å². The minimum atomic E-state index is -0.319. The molecule has 0 saturated carbocycles. The largest absolute Gasteiger partial charge is 0.324 e. The highest BCUT2D eigenvalue weighted by atomic mass is 32.1. The van der Waals surface area contributed by atoms with Gasteiger partial charge in [0.25, 0.3) is 5.56 Å². The summed E-state index contributed by atoms with van der Waals surface area (Å²) in [6, 6.07) is 5.59. The highest BCUT2D eigenvalue weighted by molar-refractivity contribution is 7.22. The lowest BCUT2D eigenvalue weighted by atomic mass is 10.0. The molecule has 6 nitrogen and oxygen atoms in total. The smallest absolute Gasteiger partial charge is 0.308 e. The molecule has 1 aliphatic heterocycles. The van der Waals surface area contributed by atoms with Crippen molar-refractivity contribution in [1.29, 1.82) is 0 Å². The van der Waals surface area contributed by atoms with Gasteiger partial charge in [0.2, 0.25) is 0 Å². The van der Waals surface area contributed by atoms with Gasteiger partial charge in [0.15, 0.2) is 0 Å². The zero-order valence-electron chi connectivity index (χ0n) is 17.3. The van der Waals surface area contributed by atoms with Crippen LogP contribution in [0.2, 0.25) is 0 Å². The Kier molecular flexibility index (Phi) is 5.17. The van der Waals surface area contributed by atoms with Crippen molar-refractivity contribution in [3.05, 3.63) is 51.1 Å². The fraction of sp³-hybridized carbons (Fsp3) is 0.409. The molecule has 0 saturated heterocycles. The van der Waals surface area contributed by atoms with Crippen molar-refractivity contribution in [2.75, 3.05) is 10.6 Å². The summed E-state index contributed by atoms with van der Waals surface area (Å²) < 4.78 is 1.82. The summed E-state index contributed by atoms with van der Waals surface area (Å²) in [5, 5.41) is 7.07. The first-order valence-corrected chi connectivity index (χ1v) is 10.8. The van der Waals surface area contributed by atoms with Crippen molar-refractivity contribution in [1.82, 2.24) is 9.55 Å². The maximum atomic E-state index is 13.1. The lowest BCUT2D eigenvalue weighted by Gasteiger charge is -2.09. The van der Waals surface area contributed by atoms with E-state index in [9.17, 15) is 9.59 Å². The molecule has 2 aromatic heterocycles. The maximum absolute atomic E-state index is 13.1. The second-order valence-corrected chi connectivity index (χ2v) is 9.11. The van der Waals surface area contributed by atoms with E-state index in [-0.39, 0.29) is 11.6 Å². The van der Waals surface area contributed by atoms with Crippen LogP contribution < -0.4 is 16.2 Å². The van der Waals surface area contributed by atoms with E-state index >= 15 is 0 Å². The van der Waals surface area contributed by atoms with Gasteiger partial charge in [0.1, 0.15) is 15.7 Å². The highest BCUT2D eigenvalue weighted by Crippen LogP contribution is 2.33. The van der Waals surface area contributed by atoms with Crippen molar-refractivity contribution in [3.63, 3.8) is 0 Å². The van der Waals surface area contributed by atoms with Crippen LogP contribution in [0.25, 0.3) is 10.2 Å². The van der Waals surface area contributed by atoms with Crippen LogP contribution >= 0.6 is 11.3 Å². The molecule has 3 aromatic rings. The van der Waals surface area contributed by atoms with Gasteiger partial charge in [0.05, 0.1) is 5.39 Å². The van der Waals surface area contributed by atoms with E-state index in [0.29, 0.717) is 27.7 Å². The maximum Gasteiger partial charge on any atom is 0.324 e. The van der Waals surface area contributed by atoms with Crippen LogP contribution in [0, 0.1) is 26.7 Å². The molecule has 4 rings (SSSR count). The Bertz CT molecular complexity index is 1140. The first-order chi connectivity index (χ1) is 13.8. The Morgan fingerprint density at radius 3 is 2.59 bits per heavy atom. The summed E-state index contributed by atoms with van der Waals surface area (Å²) >= 11 is 1.37. The van der Waals surface area contributed by atoms with Gasteiger partial charge in [-0.2, -0.15) is 0 Å². The zero-order valence-corrected chi connectivity index (χ0v) is 18.1. The average Bonchev–Trinajstić information content (AvgIpc) is 2.80. The number of aromatic nitrogens is 2. The monoisotopic (exact) mass is 410 g/mol. The summed E-state index contributed by atoms with van der Waals surface area (Å²) in [6.45, 7) is 8.80. The van der Waals surface area contributed by atoms with Crippen LogP contribution in [0.5, 0.6) is 0 Å². The Morgan fingerprint density at radius 2 is 1.86 bits per heavy atom. The quantitative estimate of drug-likeness (QED) is 0.624. The summed E-state index contributed by atoms with van der Waals surface area (Å²) in [5.41, 5.74) is 3.72. The van der Waals surface area contributed by atoms with Gasteiger partial charge >= 0.3 is 6.03 Å². The zero-order chi connectivity index (χ0) is 20.7. The minimum Gasteiger partial charge on any atom is -0.308 e. The molecule has 29 heavy (non-hydrogen) atoms. The van der Waals surface area contributed by atoms with E-state index in [0.717, 1.165) is 47.5 Å². The summed E-state index contributed by atoms with van der Waals surface area (Å²) in [5.74, 6) is 1.46. The molecule has 0 aliphatic carbocycles. The molecule has 0 spiro atoms. The van der Waals surface area contributed by atoms with Gasteiger partial charge in [-0.3, -0.25) is 14.7 Å². The number of aryl methyl sites for hydroxylation is 4. The Hall–Kier alpha value is -2.67. The molecular weight excluding hydrogens is 384 g/mol. The number of hydrogen-bond donors (Lipinski definition) is 2. The lowest BCUT2D eigenvalue weighted by molar-refractivity contribution is 0.262. The normalized spacial score (nSPS) is 16.3. The number of carbonyl (C=O) groups excluding carboxylic acids is 1. The molecule has 1 aromatic carbocycles. The number of nitrogens with one attached hydrogen (secondary N) is 2. The first-order valence-electron chi connectivity index (χ1n) is 10.0. The van der Waals surface area contributed by atoms with Gasteiger partial charge in [-0.25, -0.2) is 9.78 Å². The van der Waals surface area contributed by atoms with Crippen molar-refractivity contribution in [2.45, 2.75) is 53.5 Å². The van der Waals surface area contributed by atoms with Crippen LogP contribution in [0.1, 0.15) is 42.3 Å². The number of urea groups is 1. The third kappa shape index (κ3) is 3.92. The molecule has 1 atom stereocenters. The van der Waals surface area contributed by atoms with Crippen LogP contribution in [-0.4, -0.2) is 15.6 Å². The van der Waals surface area contributed by atoms with Crippen LogP contribution in [0.4, 0.5) is 15.5 Å². The standard InChI is InChI=1S/C22H26N4O2S/c1-12-5-6-17-24-20-18(21(27)26(17)8-7-12)15(4)19(29-20)25-22(28)23-16-10-13(2)9-14(3)11-16/h9-12H,5-8H2,1-4H3,(H2,23,25,28).